The number of rotatable bonds is 2. The first kappa shape index (κ1) is 15.4. The molecule has 4 heterocycles. The van der Waals surface area contributed by atoms with Crippen molar-refractivity contribution in [3.8, 4) is 20.9 Å². The Bertz CT molecular complexity index is 1070. The number of hydrogen-bond acceptors (Lipinski definition) is 4. The summed E-state index contributed by atoms with van der Waals surface area (Å²) in [5, 5.41) is 12.2. The van der Waals surface area contributed by atoms with Crippen LogP contribution in [0.2, 0.25) is 10.0 Å². The number of hydrogen-bond donors (Lipinski definition) is 0. The second-order valence-electron chi connectivity index (χ2n) is 5.28. The van der Waals surface area contributed by atoms with Gasteiger partial charge < -0.3 is 0 Å². The van der Waals surface area contributed by atoms with Crippen molar-refractivity contribution in [2.45, 2.75) is 0 Å². The lowest BCUT2D eigenvalue weighted by molar-refractivity contribution is 1.90. The minimum atomic E-state index is 0.822. The van der Waals surface area contributed by atoms with Crippen molar-refractivity contribution < 1.29 is 0 Å². The molecule has 0 spiro atoms. The Balaban J connectivity index is 2.08. The van der Waals surface area contributed by atoms with Crippen LogP contribution in [-0.2, 0) is 0 Å². The van der Waals surface area contributed by atoms with Crippen molar-refractivity contribution in [1.82, 2.24) is 0 Å². The Morgan fingerprint density at radius 2 is 1.08 bits per heavy atom. The zero-order valence-corrected chi connectivity index (χ0v) is 16.8. The van der Waals surface area contributed by atoms with Gasteiger partial charge in [0, 0.05) is 51.8 Å². The van der Waals surface area contributed by atoms with Crippen molar-refractivity contribution in [2.75, 3.05) is 0 Å². The van der Waals surface area contributed by atoms with Gasteiger partial charge in [-0.3, -0.25) is 0 Å². The smallest absolute Gasteiger partial charge is 0.0598 e. The van der Waals surface area contributed by atoms with Crippen molar-refractivity contribution in [3.05, 3.63) is 55.8 Å². The van der Waals surface area contributed by atoms with Gasteiger partial charge in [0.1, 0.15) is 0 Å². The Hall–Kier alpha value is -0.880. The van der Waals surface area contributed by atoms with E-state index in [1.807, 2.05) is 10.8 Å². The van der Waals surface area contributed by atoms with Crippen LogP contribution >= 0.6 is 68.5 Å². The summed E-state index contributed by atoms with van der Waals surface area (Å²) >= 11 is 20.1. The molecule has 0 atom stereocenters. The largest absolute Gasteiger partial charge is 0.144 e. The summed E-state index contributed by atoms with van der Waals surface area (Å²) in [4.78, 5) is 2.48. The summed E-state index contributed by atoms with van der Waals surface area (Å²) in [6.45, 7) is 0. The van der Waals surface area contributed by atoms with E-state index in [0.29, 0.717) is 0 Å². The van der Waals surface area contributed by atoms with Crippen LogP contribution in [0.4, 0.5) is 0 Å². The summed E-state index contributed by atoms with van der Waals surface area (Å²) in [5.74, 6) is 0. The molecular weight excluding hydrogens is 415 g/mol. The quantitative estimate of drug-likeness (QED) is 0.266. The standard InChI is InChI=1S/C18H8Cl2S4/c19-9-7-24-18-13(9)15(11-3-1-5-21-11)17-14(10(20)8-23-17)16(18)12-4-2-6-22-12/h1-8H. The molecule has 5 aromatic rings. The van der Waals surface area contributed by atoms with Gasteiger partial charge in [0.2, 0.25) is 0 Å². The zero-order valence-electron chi connectivity index (χ0n) is 12.0. The maximum Gasteiger partial charge on any atom is 0.0598 e. The Kier molecular flexibility index (Phi) is 3.74. The average Bonchev–Trinajstić information content (AvgIpc) is 3.34. The Morgan fingerprint density at radius 1 is 0.625 bits per heavy atom. The molecule has 0 unspecified atom stereocenters. The lowest BCUT2D eigenvalue weighted by Crippen LogP contribution is -1.82. The minimum Gasteiger partial charge on any atom is -0.144 e. The van der Waals surface area contributed by atoms with Crippen LogP contribution in [0.15, 0.2) is 45.8 Å². The predicted octanol–water partition coefficient (Wildman–Crippen LogP) is 8.88. The average molecular weight is 423 g/mol. The zero-order chi connectivity index (χ0) is 16.3. The number of thiophene rings is 4. The van der Waals surface area contributed by atoms with Gasteiger partial charge in [0.05, 0.1) is 10.0 Å². The highest BCUT2D eigenvalue weighted by atomic mass is 35.5. The van der Waals surface area contributed by atoms with Gasteiger partial charge in [-0.25, -0.2) is 0 Å². The van der Waals surface area contributed by atoms with Crippen molar-refractivity contribution in [2.24, 2.45) is 0 Å². The van der Waals surface area contributed by atoms with E-state index < -0.39 is 0 Å². The second kappa shape index (κ2) is 5.84. The molecule has 0 saturated carbocycles. The molecule has 0 N–H and O–H groups in total. The lowest BCUT2D eigenvalue weighted by Gasteiger charge is -2.10. The van der Waals surface area contributed by atoms with Crippen molar-refractivity contribution in [3.63, 3.8) is 0 Å². The molecule has 118 valence electrons. The summed E-state index contributed by atoms with van der Waals surface area (Å²) in [6, 6.07) is 8.48. The van der Waals surface area contributed by atoms with E-state index in [1.54, 1.807) is 45.3 Å². The first-order valence-corrected chi connectivity index (χ1v) is 11.4. The molecule has 0 aliphatic rings. The molecule has 0 nitrogen and oxygen atoms in total. The fraction of sp³-hybridized carbons (Fsp3) is 0. The van der Waals surface area contributed by atoms with E-state index in [2.05, 4.69) is 35.0 Å². The molecule has 0 fully saturated rings. The van der Waals surface area contributed by atoms with Crippen LogP contribution in [-0.4, -0.2) is 0 Å². The molecule has 0 bridgehead atoms. The predicted molar refractivity (Wildman–Crippen MR) is 114 cm³/mol. The molecule has 0 amide bonds. The van der Waals surface area contributed by atoms with Crippen LogP contribution in [0, 0.1) is 0 Å². The normalized spacial score (nSPS) is 11.8. The Morgan fingerprint density at radius 3 is 1.46 bits per heavy atom. The number of benzene rings is 1. The van der Waals surface area contributed by atoms with Gasteiger partial charge in [-0.15, -0.1) is 45.3 Å². The molecule has 5 rings (SSSR count). The highest BCUT2D eigenvalue weighted by molar-refractivity contribution is 7.22. The molecule has 4 aromatic heterocycles. The fourth-order valence-corrected chi connectivity index (χ4v) is 7.50. The maximum absolute atomic E-state index is 6.63. The highest BCUT2D eigenvalue weighted by Gasteiger charge is 2.23. The summed E-state index contributed by atoms with van der Waals surface area (Å²) in [5.41, 5.74) is 2.44. The van der Waals surface area contributed by atoms with E-state index in [1.165, 1.54) is 30.3 Å². The van der Waals surface area contributed by atoms with Gasteiger partial charge in [-0.05, 0) is 22.9 Å². The van der Waals surface area contributed by atoms with Gasteiger partial charge >= 0.3 is 0 Å². The van der Waals surface area contributed by atoms with Crippen LogP contribution in [0.25, 0.3) is 41.1 Å². The van der Waals surface area contributed by atoms with Gasteiger partial charge in [-0.2, -0.15) is 0 Å². The second-order valence-corrected chi connectivity index (χ2v) is 9.75. The third-order valence-electron chi connectivity index (χ3n) is 3.98. The van der Waals surface area contributed by atoms with E-state index in [-0.39, 0.29) is 0 Å². The lowest BCUT2D eigenvalue weighted by atomic mass is 10.0. The number of halogens is 2. The molecule has 0 saturated heterocycles. The van der Waals surface area contributed by atoms with E-state index in [0.717, 1.165) is 20.8 Å². The third kappa shape index (κ3) is 2.15. The minimum absolute atomic E-state index is 0.822. The number of fused-ring (bicyclic) bond motifs is 2. The summed E-state index contributed by atoms with van der Waals surface area (Å²) in [7, 11) is 0. The molecule has 24 heavy (non-hydrogen) atoms. The van der Waals surface area contributed by atoms with Crippen molar-refractivity contribution in [1.29, 1.82) is 0 Å². The summed E-state index contributed by atoms with van der Waals surface area (Å²) < 4.78 is 2.44. The SMILES string of the molecule is Clc1csc2c(-c3cccs3)c3c(Cl)csc3c(-c3cccs3)c12. The highest BCUT2D eigenvalue weighted by Crippen LogP contribution is 2.53. The third-order valence-corrected chi connectivity index (χ3v) is 8.61. The van der Waals surface area contributed by atoms with Crippen LogP contribution in [0.5, 0.6) is 0 Å². The molecule has 0 aliphatic heterocycles. The van der Waals surface area contributed by atoms with E-state index >= 15 is 0 Å². The molecule has 0 aliphatic carbocycles. The van der Waals surface area contributed by atoms with Gasteiger partial charge in [0.15, 0.2) is 0 Å². The van der Waals surface area contributed by atoms with Crippen LogP contribution in [0.1, 0.15) is 0 Å². The van der Waals surface area contributed by atoms with Gasteiger partial charge in [-0.1, -0.05) is 35.3 Å². The topological polar surface area (TPSA) is 0 Å². The fourth-order valence-electron chi connectivity index (χ4n) is 3.05. The maximum atomic E-state index is 6.63. The molecule has 6 heteroatoms. The van der Waals surface area contributed by atoms with Crippen LogP contribution < -0.4 is 0 Å². The van der Waals surface area contributed by atoms with Crippen molar-refractivity contribution >= 4 is 88.7 Å². The van der Waals surface area contributed by atoms with Crippen LogP contribution in [0.3, 0.4) is 0 Å². The van der Waals surface area contributed by atoms with Gasteiger partial charge in [0.25, 0.3) is 0 Å². The first-order valence-electron chi connectivity index (χ1n) is 7.13. The molecular formula is C18H8Cl2S4. The van der Waals surface area contributed by atoms with E-state index in [9.17, 15) is 0 Å². The summed E-state index contributed by atoms with van der Waals surface area (Å²) in [6.07, 6.45) is 0. The molecule has 0 radical (unpaired) electrons. The Labute approximate surface area is 164 Å². The molecule has 1 aromatic carbocycles. The van der Waals surface area contributed by atoms with E-state index in [4.69, 9.17) is 23.2 Å². The monoisotopic (exact) mass is 422 g/mol. The first-order chi connectivity index (χ1) is 11.8.